The van der Waals surface area contributed by atoms with Crippen molar-refractivity contribution in [1.29, 1.82) is 0 Å². The van der Waals surface area contributed by atoms with Crippen LogP contribution in [0.2, 0.25) is 0 Å². The van der Waals surface area contributed by atoms with Gasteiger partial charge < -0.3 is 4.90 Å². The van der Waals surface area contributed by atoms with Gasteiger partial charge in [0, 0.05) is 18.2 Å². The zero-order valence-electron chi connectivity index (χ0n) is 16.1. The van der Waals surface area contributed by atoms with E-state index in [9.17, 15) is 13.2 Å². The summed E-state index contributed by atoms with van der Waals surface area (Å²) in [6, 6.07) is 10.1. The predicted molar refractivity (Wildman–Crippen MR) is 114 cm³/mol. The molecule has 3 aliphatic rings. The highest BCUT2D eigenvalue weighted by molar-refractivity contribution is 8.15. The zero-order chi connectivity index (χ0) is 19.6. The maximum Gasteiger partial charge on any atom is 0.248 e. The first kappa shape index (κ1) is 20.0. The smallest absolute Gasteiger partial charge is 0.248 e. The van der Waals surface area contributed by atoms with Gasteiger partial charge in [0.05, 0.1) is 17.5 Å². The summed E-state index contributed by atoms with van der Waals surface area (Å²) in [5.41, 5.74) is 1.21. The van der Waals surface area contributed by atoms with E-state index in [2.05, 4.69) is 22.0 Å². The van der Waals surface area contributed by atoms with Crippen LogP contribution in [0.25, 0.3) is 0 Å². The largest absolute Gasteiger partial charge is 0.346 e. The highest BCUT2D eigenvalue weighted by Crippen LogP contribution is 2.38. The third-order valence-electron chi connectivity index (χ3n) is 6.12. The Kier molecular flexibility index (Phi) is 6.11. The number of hydrogen-bond donors (Lipinski definition) is 0. The highest BCUT2D eigenvalue weighted by atomic mass is 32.2. The third kappa shape index (κ3) is 4.79. The minimum Gasteiger partial charge on any atom is -0.346 e. The Bertz CT molecular complexity index is 832. The molecule has 2 aliphatic heterocycles. The van der Waals surface area contributed by atoms with Gasteiger partial charge in [-0.2, -0.15) is 4.99 Å². The zero-order valence-corrected chi connectivity index (χ0v) is 17.8. The average Bonchev–Trinajstić information content (AvgIpc) is 3.35. The fourth-order valence-corrected chi connectivity index (χ4v) is 8.58. The Labute approximate surface area is 171 Å². The van der Waals surface area contributed by atoms with E-state index in [1.165, 1.54) is 43.0 Å². The van der Waals surface area contributed by atoms with Gasteiger partial charge in [0.2, 0.25) is 5.91 Å². The summed E-state index contributed by atoms with van der Waals surface area (Å²) in [7, 11) is -3.00. The maximum atomic E-state index is 12.5. The Morgan fingerprint density at radius 1 is 1.14 bits per heavy atom. The van der Waals surface area contributed by atoms with Crippen LogP contribution in [0.1, 0.15) is 44.1 Å². The van der Waals surface area contributed by atoms with E-state index < -0.39 is 9.84 Å². The molecule has 1 saturated carbocycles. The molecule has 2 saturated heterocycles. The van der Waals surface area contributed by atoms with Gasteiger partial charge in [0.1, 0.15) is 0 Å². The van der Waals surface area contributed by atoms with E-state index >= 15 is 0 Å². The van der Waals surface area contributed by atoms with Crippen molar-refractivity contribution in [3.8, 4) is 0 Å². The van der Waals surface area contributed by atoms with Crippen LogP contribution in [0.15, 0.2) is 35.3 Å². The second kappa shape index (κ2) is 8.57. The summed E-state index contributed by atoms with van der Waals surface area (Å²) in [4.78, 5) is 19.0. The second-order valence-corrected chi connectivity index (χ2v) is 11.6. The lowest BCUT2D eigenvalue weighted by Gasteiger charge is -2.24. The number of hydrogen-bond acceptors (Lipinski definition) is 4. The van der Waals surface area contributed by atoms with Crippen molar-refractivity contribution in [3.05, 3.63) is 35.9 Å². The maximum absolute atomic E-state index is 12.5. The van der Waals surface area contributed by atoms with Crippen LogP contribution in [0.5, 0.6) is 0 Å². The molecule has 0 N–H and O–H groups in total. The van der Waals surface area contributed by atoms with Gasteiger partial charge >= 0.3 is 0 Å². The Hall–Kier alpha value is -1.34. The normalized spacial score (nSPS) is 28.1. The molecule has 152 valence electrons. The number of thioether (sulfide) groups is 1. The molecule has 2 atom stereocenters. The number of carbonyl (C=O) groups is 1. The molecular weight excluding hydrogens is 392 g/mol. The molecule has 1 aromatic carbocycles. The van der Waals surface area contributed by atoms with E-state index in [1.807, 2.05) is 18.2 Å². The van der Waals surface area contributed by atoms with Crippen LogP contribution >= 0.6 is 11.8 Å². The summed E-state index contributed by atoms with van der Waals surface area (Å²) in [5.74, 6) is 0.995. The molecule has 28 heavy (non-hydrogen) atoms. The molecule has 2 heterocycles. The number of fused-ring (bicyclic) bond motifs is 1. The average molecular weight is 421 g/mol. The van der Waals surface area contributed by atoms with Crippen molar-refractivity contribution in [3.63, 3.8) is 0 Å². The number of carbonyl (C=O) groups excluding carboxylic acids is 1. The SMILES string of the molecule is O=C(CCC1CCCC1)N=C1S[C@@H]2CS(=O)(=O)C[C@@H]2N1CCc1ccccc1. The lowest BCUT2D eigenvalue weighted by molar-refractivity contribution is -0.118. The van der Waals surface area contributed by atoms with E-state index in [0.29, 0.717) is 18.9 Å². The Morgan fingerprint density at radius 3 is 2.64 bits per heavy atom. The second-order valence-electron chi connectivity index (χ2n) is 8.21. The number of benzene rings is 1. The lowest BCUT2D eigenvalue weighted by atomic mass is 10.0. The first-order chi connectivity index (χ1) is 13.5. The van der Waals surface area contributed by atoms with Crippen LogP contribution in [-0.4, -0.2) is 53.7 Å². The molecular formula is C21H28N2O3S2. The van der Waals surface area contributed by atoms with Gasteiger partial charge in [-0.15, -0.1) is 0 Å². The van der Waals surface area contributed by atoms with Gasteiger partial charge in [-0.3, -0.25) is 4.79 Å². The molecule has 1 aromatic rings. The number of sulfone groups is 1. The van der Waals surface area contributed by atoms with Crippen molar-refractivity contribution >= 4 is 32.7 Å². The summed E-state index contributed by atoms with van der Waals surface area (Å²) in [5, 5.41) is 0.736. The summed E-state index contributed by atoms with van der Waals surface area (Å²) >= 11 is 1.49. The van der Waals surface area contributed by atoms with Gasteiger partial charge in [-0.1, -0.05) is 67.8 Å². The minimum atomic E-state index is -3.00. The summed E-state index contributed by atoms with van der Waals surface area (Å²) in [6.07, 6.45) is 7.32. The summed E-state index contributed by atoms with van der Waals surface area (Å²) < 4.78 is 24.2. The van der Waals surface area contributed by atoms with Crippen LogP contribution in [0.3, 0.4) is 0 Å². The Morgan fingerprint density at radius 2 is 1.89 bits per heavy atom. The van der Waals surface area contributed by atoms with Crippen LogP contribution in [0.4, 0.5) is 0 Å². The third-order valence-corrected chi connectivity index (χ3v) is 9.37. The Balaban J connectivity index is 1.43. The van der Waals surface area contributed by atoms with Gasteiger partial charge in [0.15, 0.2) is 15.0 Å². The predicted octanol–water partition coefficient (Wildman–Crippen LogP) is 3.30. The van der Waals surface area contributed by atoms with Crippen molar-refractivity contribution in [2.24, 2.45) is 10.9 Å². The number of amides is 1. The molecule has 0 radical (unpaired) electrons. The minimum absolute atomic E-state index is 0.00200. The molecule has 3 fully saturated rings. The van der Waals surface area contributed by atoms with Crippen LogP contribution in [0, 0.1) is 5.92 Å². The fourth-order valence-electron chi connectivity index (χ4n) is 4.58. The van der Waals surface area contributed by atoms with E-state index in [1.54, 1.807) is 0 Å². The first-order valence-corrected chi connectivity index (χ1v) is 13.0. The first-order valence-electron chi connectivity index (χ1n) is 10.3. The van der Waals surface area contributed by atoms with Crippen molar-refractivity contribution in [2.75, 3.05) is 18.1 Å². The molecule has 1 amide bonds. The molecule has 4 rings (SSSR count). The number of aliphatic imine (C=N–C) groups is 1. The molecule has 0 aromatic heterocycles. The molecule has 5 nitrogen and oxygen atoms in total. The van der Waals surface area contributed by atoms with Crippen LogP contribution in [-0.2, 0) is 21.1 Å². The monoisotopic (exact) mass is 420 g/mol. The summed E-state index contributed by atoms with van der Waals surface area (Å²) in [6.45, 7) is 0.697. The van der Waals surface area contributed by atoms with E-state index in [-0.39, 0.29) is 28.7 Å². The molecule has 0 bridgehead atoms. The van der Waals surface area contributed by atoms with Gasteiger partial charge in [-0.05, 0) is 24.3 Å². The standard InChI is InChI=1S/C21H28N2O3S2/c24-20(11-10-16-8-4-5-9-16)22-21-23(13-12-17-6-2-1-3-7-17)18-14-28(25,26)15-19(18)27-21/h1-3,6-7,16,18-19H,4-5,8-15H2/t18-,19+/m0/s1. The van der Waals surface area contributed by atoms with Crippen LogP contribution < -0.4 is 0 Å². The topological polar surface area (TPSA) is 66.8 Å². The van der Waals surface area contributed by atoms with Gasteiger partial charge in [0.25, 0.3) is 0 Å². The number of rotatable bonds is 6. The number of amidine groups is 1. The molecule has 0 unspecified atom stereocenters. The van der Waals surface area contributed by atoms with Crippen molar-refractivity contribution in [1.82, 2.24) is 4.90 Å². The molecule has 7 heteroatoms. The quantitative estimate of drug-likeness (QED) is 0.706. The lowest BCUT2D eigenvalue weighted by Crippen LogP contribution is -2.39. The fraction of sp³-hybridized carbons (Fsp3) is 0.619. The number of nitrogens with zero attached hydrogens (tertiary/aromatic N) is 2. The van der Waals surface area contributed by atoms with Crippen molar-refractivity contribution in [2.45, 2.75) is 56.2 Å². The van der Waals surface area contributed by atoms with E-state index in [0.717, 1.165) is 18.0 Å². The molecule has 1 aliphatic carbocycles. The highest BCUT2D eigenvalue weighted by Gasteiger charge is 2.48. The van der Waals surface area contributed by atoms with E-state index in [4.69, 9.17) is 0 Å². The van der Waals surface area contributed by atoms with Crippen molar-refractivity contribution < 1.29 is 13.2 Å². The molecule has 0 spiro atoms. The van der Waals surface area contributed by atoms with Gasteiger partial charge in [-0.25, -0.2) is 8.42 Å².